The molecular weight excluding hydrogens is 266 g/mol. The van der Waals surface area contributed by atoms with Crippen molar-refractivity contribution in [1.29, 1.82) is 0 Å². The van der Waals surface area contributed by atoms with Crippen LogP contribution >= 0.6 is 11.3 Å². The fraction of sp³-hybridized carbons (Fsp3) is 0.250. The van der Waals surface area contributed by atoms with E-state index in [0.717, 1.165) is 29.3 Å². The first kappa shape index (κ1) is 13.2. The molecule has 4 heteroatoms. The molecule has 0 aliphatic carbocycles. The monoisotopic (exact) mass is 283 g/mol. The smallest absolute Gasteiger partial charge is 0.121 e. The summed E-state index contributed by atoms with van der Waals surface area (Å²) in [5.41, 5.74) is 6.84. The van der Waals surface area contributed by atoms with Crippen molar-refractivity contribution in [3.05, 3.63) is 58.0 Å². The zero-order valence-corrected chi connectivity index (χ0v) is 12.1. The molecule has 0 unspecified atom stereocenters. The molecule has 0 aliphatic rings. The highest BCUT2D eigenvalue weighted by Crippen LogP contribution is 2.22. The van der Waals surface area contributed by atoms with Gasteiger partial charge >= 0.3 is 0 Å². The Labute approximate surface area is 122 Å². The van der Waals surface area contributed by atoms with Gasteiger partial charge in [-0.1, -0.05) is 42.5 Å². The highest BCUT2D eigenvalue weighted by molar-refractivity contribution is 7.11. The third-order valence-corrected chi connectivity index (χ3v) is 4.31. The number of hydrogen-bond donors (Lipinski definition) is 1. The first-order chi connectivity index (χ1) is 9.86. The topological polar surface area (TPSA) is 51.8 Å². The van der Waals surface area contributed by atoms with Gasteiger partial charge in [0.25, 0.3) is 0 Å². The van der Waals surface area contributed by atoms with Crippen LogP contribution in [0.4, 0.5) is 0 Å². The summed E-state index contributed by atoms with van der Waals surface area (Å²) in [5.74, 6) is 0. The molecule has 0 radical (unpaired) electrons. The molecular formula is C16H17N3S. The number of nitrogens with two attached hydrogens (primary N) is 1. The van der Waals surface area contributed by atoms with Gasteiger partial charge in [0, 0.05) is 12.8 Å². The summed E-state index contributed by atoms with van der Waals surface area (Å²) in [6.07, 6.45) is 2.76. The maximum Gasteiger partial charge on any atom is 0.121 e. The van der Waals surface area contributed by atoms with E-state index >= 15 is 0 Å². The molecule has 20 heavy (non-hydrogen) atoms. The van der Waals surface area contributed by atoms with Crippen molar-refractivity contribution in [1.82, 2.24) is 10.2 Å². The van der Waals surface area contributed by atoms with Crippen LogP contribution in [0.3, 0.4) is 0 Å². The van der Waals surface area contributed by atoms with E-state index in [2.05, 4.69) is 52.7 Å². The van der Waals surface area contributed by atoms with Gasteiger partial charge in [-0.25, -0.2) is 0 Å². The second kappa shape index (κ2) is 6.11. The van der Waals surface area contributed by atoms with Crippen LogP contribution < -0.4 is 5.73 Å². The third-order valence-electron chi connectivity index (χ3n) is 3.33. The minimum Gasteiger partial charge on any atom is -0.330 e. The van der Waals surface area contributed by atoms with Crippen molar-refractivity contribution in [3.63, 3.8) is 0 Å². The zero-order chi connectivity index (χ0) is 13.8. The number of benzene rings is 2. The Morgan fingerprint density at radius 3 is 2.65 bits per heavy atom. The Morgan fingerprint density at radius 2 is 1.75 bits per heavy atom. The normalized spacial score (nSPS) is 11.1. The van der Waals surface area contributed by atoms with Crippen molar-refractivity contribution >= 4 is 22.1 Å². The highest BCUT2D eigenvalue weighted by Gasteiger charge is 2.07. The van der Waals surface area contributed by atoms with E-state index in [0.29, 0.717) is 6.54 Å². The molecule has 0 aliphatic heterocycles. The van der Waals surface area contributed by atoms with E-state index in [1.807, 2.05) is 0 Å². The number of hydrogen-bond acceptors (Lipinski definition) is 4. The van der Waals surface area contributed by atoms with Crippen molar-refractivity contribution in [3.8, 4) is 0 Å². The van der Waals surface area contributed by atoms with E-state index in [1.54, 1.807) is 11.3 Å². The molecule has 2 N–H and O–H groups in total. The van der Waals surface area contributed by atoms with E-state index in [9.17, 15) is 0 Å². The van der Waals surface area contributed by atoms with Crippen LogP contribution in [0.25, 0.3) is 10.8 Å². The number of rotatable bonds is 5. The Kier molecular flexibility index (Phi) is 4.04. The van der Waals surface area contributed by atoms with Crippen LogP contribution in [0.1, 0.15) is 22.0 Å². The van der Waals surface area contributed by atoms with Gasteiger partial charge in [0.05, 0.1) is 0 Å². The molecule has 3 rings (SSSR count). The molecule has 2 aromatic carbocycles. The second-order valence-electron chi connectivity index (χ2n) is 4.80. The molecule has 3 nitrogen and oxygen atoms in total. The molecule has 0 saturated carbocycles. The lowest BCUT2D eigenvalue weighted by Crippen LogP contribution is -1.99. The minimum atomic E-state index is 0.707. The standard InChI is InChI=1S/C16H17N3S/c17-10-4-9-15-18-19-16(20-15)11-13-7-3-6-12-5-1-2-8-14(12)13/h1-3,5-8H,4,9-11,17H2. The number of aryl methyl sites for hydroxylation is 1. The lowest BCUT2D eigenvalue weighted by Gasteiger charge is -2.03. The van der Waals surface area contributed by atoms with E-state index in [-0.39, 0.29) is 0 Å². The lowest BCUT2D eigenvalue weighted by atomic mass is 10.0. The Balaban J connectivity index is 1.84. The summed E-state index contributed by atoms with van der Waals surface area (Å²) in [6, 6.07) is 14.9. The SMILES string of the molecule is NCCCc1nnc(Cc2cccc3ccccc23)s1. The van der Waals surface area contributed by atoms with Crippen LogP contribution in [0.15, 0.2) is 42.5 Å². The van der Waals surface area contributed by atoms with E-state index in [4.69, 9.17) is 5.73 Å². The second-order valence-corrected chi connectivity index (χ2v) is 5.94. The fourth-order valence-electron chi connectivity index (χ4n) is 2.32. The average Bonchev–Trinajstić information content (AvgIpc) is 2.93. The largest absolute Gasteiger partial charge is 0.330 e. The molecule has 0 spiro atoms. The van der Waals surface area contributed by atoms with Gasteiger partial charge in [0.1, 0.15) is 10.0 Å². The number of aromatic nitrogens is 2. The summed E-state index contributed by atoms with van der Waals surface area (Å²) < 4.78 is 0. The van der Waals surface area contributed by atoms with Gasteiger partial charge in [-0.15, -0.1) is 21.5 Å². The molecule has 0 fully saturated rings. The molecule has 1 aromatic heterocycles. The minimum absolute atomic E-state index is 0.707. The molecule has 1 heterocycles. The number of fused-ring (bicyclic) bond motifs is 1. The summed E-state index contributed by atoms with van der Waals surface area (Å²) in [4.78, 5) is 0. The van der Waals surface area contributed by atoms with Gasteiger partial charge in [0.2, 0.25) is 0 Å². The molecule has 0 saturated heterocycles. The summed E-state index contributed by atoms with van der Waals surface area (Å²) in [6.45, 7) is 0.707. The van der Waals surface area contributed by atoms with Crippen LogP contribution in [0, 0.1) is 0 Å². The van der Waals surface area contributed by atoms with Gasteiger partial charge in [-0.05, 0) is 29.3 Å². The predicted molar refractivity (Wildman–Crippen MR) is 84.0 cm³/mol. The first-order valence-electron chi connectivity index (χ1n) is 6.85. The maximum atomic E-state index is 5.53. The molecule has 0 atom stereocenters. The predicted octanol–water partition coefficient (Wildman–Crippen LogP) is 3.17. The summed E-state index contributed by atoms with van der Waals surface area (Å²) in [5, 5.41) is 13.3. The van der Waals surface area contributed by atoms with Crippen molar-refractivity contribution < 1.29 is 0 Å². The van der Waals surface area contributed by atoms with Gasteiger partial charge < -0.3 is 5.73 Å². The fourth-order valence-corrected chi connectivity index (χ4v) is 3.23. The van der Waals surface area contributed by atoms with Crippen LogP contribution in [0.2, 0.25) is 0 Å². The van der Waals surface area contributed by atoms with Crippen LogP contribution in [0.5, 0.6) is 0 Å². The Morgan fingerprint density at radius 1 is 0.950 bits per heavy atom. The third kappa shape index (κ3) is 2.86. The van der Waals surface area contributed by atoms with Crippen molar-refractivity contribution in [2.75, 3.05) is 6.54 Å². The van der Waals surface area contributed by atoms with Crippen LogP contribution in [-0.4, -0.2) is 16.7 Å². The Hall–Kier alpha value is -1.78. The zero-order valence-electron chi connectivity index (χ0n) is 11.2. The first-order valence-corrected chi connectivity index (χ1v) is 7.66. The maximum absolute atomic E-state index is 5.53. The Bertz CT molecular complexity index is 700. The average molecular weight is 283 g/mol. The molecule has 3 aromatic rings. The van der Waals surface area contributed by atoms with Crippen LogP contribution in [-0.2, 0) is 12.8 Å². The molecule has 0 amide bonds. The quantitative estimate of drug-likeness (QED) is 0.782. The van der Waals surface area contributed by atoms with E-state index in [1.165, 1.54) is 16.3 Å². The summed E-state index contributed by atoms with van der Waals surface area (Å²) in [7, 11) is 0. The van der Waals surface area contributed by atoms with Gasteiger partial charge in [-0.2, -0.15) is 0 Å². The van der Waals surface area contributed by atoms with Gasteiger partial charge in [-0.3, -0.25) is 0 Å². The molecule has 0 bridgehead atoms. The summed E-state index contributed by atoms with van der Waals surface area (Å²) >= 11 is 1.70. The molecule has 102 valence electrons. The van der Waals surface area contributed by atoms with Crippen molar-refractivity contribution in [2.45, 2.75) is 19.3 Å². The van der Waals surface area contributed by atoms with E-state index < -0.39 is 0 Å². The van der Waals surface area contributed by atoms with Crippen molar-refractivity contribution in [2.24, 2.45) is 5.73 Å². The lowest BCUT2D eigenvalue weighted by molar-refractivity contribution is 0.809. The highest BCUT2D eigenvalue weighted by atomic mass is 32.1. The number of nitrogens with zero attached hydrogens (tertiary/aromatic N) is 2. The van der Waals surface area contributed by atoms with Gasteiger partial charge in [0.15, 0.2) is 0 Å².